The third kappa shape index (κ3) is 3.74. The molecule has 0 radical (unpaired) electrons. The molecule has 5 nitrogen and oxygen atoms in total. The van der Waals surface area contributed by atoms with Gasteiger partial charge in [-0.1, -0.05) is 6.92 Å². The van der Waals surface area contributed by atoms with Crippen LogP contribution in [0.25, 0.3) is 0 Å². The Kier molecular flexibility index (Phi) is 5.31. The Bertz CT molecular complexity index is 611. The highest BCUT2D eigenvalue weighted by Crippen LogP contribution is 2.38. The number of amides is 1. The summed E-state index contributed by atoms with van der Waals surface area (Å²) in [7, 11) is 0. The Labute approximate surface area is 141 Å². The molecule has 0 unspecified atom stereocenters. The zero-order valence-electron chi connectivity index (χ0n) is 13.7. The summed E-state index contributed by atoms with van der Waals surface area (Å²) in [5, 5.41) is 13.1. The summed E-state index contributed by atoms with van der Waals surface area (Å²) in [5.41, 5.74) is 1.87. The Morgan fingerprint density at radius 2 is 2.00 bits per heavy atom. The molecule has 0 atom stereocenters. The third-order valence-corrected chi connectivity index (χ3v) is 6.06. The number of thiophene rings is 1. The van der Waals surface area contributed by atoms with E-state index in [2.05, 4.69) is 28.1 Å². The van der Waals surface area contributed by atoms with Crippen LogP contribution >= 0.6 is 11.3 Å². The highest BCUT2D eigenvalue weighted by atomic mass is 32.1. The average molecular weight is 332 g/mol. The molecule has 6 heteroatoms. The zero-order valence-corrected chi connectivity index (χ0v) is 14.5. The molecule has 1 saturated heterocycles. The second-order valence-electron chi connectivity index (χ2n) is 6.25. The number of hydrogen-bond acceptors (Lipinski definition) is 5. The lowest BCUT2D eigenvalue weighted by Gasteiger charge is -2.33. The molecule has 1 aromatic rings. The van der Waals surface area contributed by atoms with Gasteiger partial charge >= 0.3 is 0 Å². The third-order valence-electron chi connectivity index (χ3n) is 4.85. The van der Waals surface area contributed by atoms with Crippen molar-refractivity contribution in [1.29, 1.82) is 5.26 Å². The van der Waals surface area contributed by atoms with Crippen molar-refractivity contribution in [3.05, 3.63) is 16.0 Å². The van der Waals surface area contributed by atoms with Crippen LogP contribution in [-0.2, 0) is 17.6 Å². The van der Waals surface area contributed by atoms with E-state index in [9.17, 15) is 10.1 Å². The van der Waals surface area contributed by atoms with Crippen molar-refractivity contribution in [2.75, 3.05) is 44.6 Å². The van der Waals surface area contributed by atoms with Crippen LogP contribution in [0.2, 0.25) is 0 Å². The first kappa shape index (κ1) is 16.4. The van der Waals surface area contributed by atoms with E-state index in [1.54, 1.807) is 11.3 Å². The van der Waals surface area contributed by atoms with Crippen molar-refractivity contribution < 1.29 is 4.79 Å². The van der Waals surface area contributed by atoms with Crippen molar-refractivity contribution in [3.63, 3.8) is 0 Å². The van der Waals surface area contributed by atoms with Crippen LogP contribution in [0, 0.1) is 11.3 Å². The molecule has 1 N–H and O–H groups in total. The lowest BCUT2D eigenvalue weighted by molar-refractivity contribution is -0.116. The van der Waals surface area contributed by atoms with Gasteiger partial charge in [-0.2, -0.15) is 5.26 Å². The molecule has 1 aromatic heterocycles. The predicted molar refractivity (Wildman–Crippen MR) is 92.9 cm³/mol. The predicted octanol–water partition coefficient (Wildman–Crippen LogP) is 2.07. The Balaban J connectivity index is 1.50. The normalized spacial score (nSPS) is 18.6. The van der Waals surface area contributed by atoms with E-state index >= 15 is 0 Å². The van der Waals surface area contributed by atoms with E-state index in [0.717, 1.165) is 63.5 Å². The number of piperazine rings is 1. The highest BCUT2D eigenvalue weighted by molar-refractivity contribution is 7.16. The molecule has 0 bridgehead atoms. The molecular formula is C17H24N4OS. The van der Waals surface area contributed by atoms with Gasteiger partial charge in [0.1, 0.15) is 11.1 Å². The maximum absolute atomic E-state index is 12.2. The Morgan fingerprint density at radius 1 is 1.26 bits per heavy atom. The molecule has 2 heterocycles. The van der Waals surface area contributed by atoms with Gasteiger partial charge in [-0.15, -0.1) is 11.3 Å². The van der Waals surface area contributed by atoms with Crippen molar-refractivity contribution in [2.24, 2.45) is 0 Å². The summed E-state index contributed by atoms with van der Waals surface area (Å²) in [6.45, 7) is 8.36. The molecular weight excluding hydrogens is 308 g/mol. The van der Waals surface area contributed by atoms with Gasteiger partial charge in [0, 0.05) is 44.0 Å². The number of nitriles is 1. The standard InChI is InChI=1S/C17H24N4OS/c1-2-20-8-10-21(11-9-20)7-6-16(22)19-17-14(12-18)13-4-3-5-15(13)23-17/h2-11H2,1H3,(H,19,22). The van der Waals surface area contributed by atoms with Crippen LogP contribution in [0.5, 0.6) is 0 Å². The minimum Gasteiger partial charge on any atom is -0.317 e. The van der Waals surface area contributed by atoms with E-state index in [4.69, 9.17) is 0 Å². The second kappa shape index (κ2) is 7.43. The topological polar surface area (TPSA) is 59.4 Å². The second-order valence-corrected chi connectivity index (χ2v) is 7.35. The molecule has 0 saturated carbocycles. The lowest BCUT2D eigenvalue weighted by Crippen LogP contribution is -2.46. The van der Waals surface area contributed by atoms with Gasteiger partial charge in [-0.3, -0.25) is 4.79 Å². The van der Waals surface area contributed by atoms with E-state index in [0.29, 0.717) is 12.0 Å². The van der Waals surface area contributed by atoms with Crippen LogP contribution in [0.4, 0.5) is 5.00 Å². The summed E-state index contributed by atoms with van der Waals surface area (Å²) < 4.78 is 0. The van der Waals surface area contributed by atoms with E-state index in [1.807, 2.05) is 0 Å². The van der Waals surface area contributed by atoms with Gasteiger partial charge in [-0.25, -0.2) is 0 Å². The molecule has 0 aromatic carbocycles. The van der Waals surface area contributed by atoms with Crippen LogP contribution in [0.15, 0.2) is 0 Å². The number of carbonyl (C=O) groups excluding carboxylic acids is 1. The molecule has 1 aliphatic carbocycles. The SMILES string of the molecule is CCN1CCN(CCC(=O)Nc2sc3c(c2C#N)CCC3)CC1. The fourth-order valence-electron chi connectivity index (χ4n) is 3.39. The summed E-state index contributed by atoms with van der Waals surface area (Å²) in [6, 6.07) is 2.28. The summed E-state index contributed by atoms with van der Waals surface area (Å²) >= 11 is 1.59. The first-order valence-electron chi connectivity index (χ1n) is 8.50. The Hall–Kier alpha value is -1.42. The number of rotatable bonds is 5. The Morgan fingerprint density at radius 3 is 2.70 bits per heavy atom. The van der Waals surface area contributed by atoms with Gasteiger partial charge in [0.05, 0.1) is 5.56 Å². The summed E-state index contributed by atoms with van der Waals surface area (Å²) in [5.74, 6) is 0.0272. The maximum atomic E-state index is 12.2. The number of fused-ring (bicyclic) bond motifs is 1. The summed E-state index contributed by atoms with van der Waals surface area (Å²) in [4.78, 5) is 18.3. The maximum Gasteiger partial charge on any atom is 0.226 e. The van der Waals surface area contributed by atoms with Crippen molar-refractivity contribution >= 4 is 22.2 Å². The van der Waals surface area contributed by atoms with Gasteiger partial charge in [0.15, 0.2) is 0 Å². The molecule has 23 heavy (non-hydrogen) atoms. The first-order chi connectivity index (χ1) is 11.2. The van der Waals surface area contributed by atoms with Crippen molar-refractivity contribution in [3.8, 4) is 6.07 Å². The highest BCUT2D eigenvalue weighted by Gasteiger charge is 2.23. The quantitative estimate of drug-likeness (QED) is 0.897. The number of aryl methyl sites for hydroxylation is 1. The van der Waals surface area contributed by atoms with Crippen LogP contribution in [0.3, 0.4) is 0 Å². The monoisotopic (exact) mass is 332 g/mol. The largest absolute Gasteiger partial charge is 0.317 e. The van der Waals surface area contributed by atoms with E-state index in [-0.39, 0.29) is 5.91 Å². The smallest absolute Gasteiger partial charge is 0.226 e. The number of nitrogens with one attached hydrogen (secondary N) is 1. The lowest BCUT2D eigenvalue weighted by atomic mass is 10.1. The number of nitrogens with zero attached hydrogens (tertiary/aromatic N) is 3. The van der Waals surface area contributed by atoms with Gasteiger partial charge < -0.3 is 15.1 Å². The fourth-order valence-corrected chi connectivity index (χ4v) is 4.64. The van der Waals surface area contributed by atoms with E-state index < -0.39 is 0 Å². The van der Waals surface area contributed by atoms with Crippen LogP contribution in [-0.4, -0.2) is 55.0 Å². The molecule has 1 amide bonds. The molecule has 2 aliphatic rings. The summed E-state index contributed by atoms with van der Waals surface area (Å²) in [6.07, 6.45) is 3.66. The van der Waals surface area contributed by atoms with Crippen molar-refractivity contribution in [1.82, 2.24) is 9.80 Å². The number of hydrogen-bond donors (Lipinski definition) is 1. The minimum absolute atomic E-state index is 0.0272. The fraction of sp³-hybridized carbons (Fsp3) is 0.647. The molecule has 124 valence electrons. The molecule has 0 spiro atoms. The minimum atomic E-state index is 0.0272. The van der Waals surface area contributed by atoms with E-state index in [1.165, 1.54) is 10.4 Å². The van der Waals surface area contributed by atoms with Crippen LogP contribution < -0.4 is 5.32 Å². The average Bonchev–Trinajstić information content (AvgIpc) is 3.14. The number of likely N-dealkylation sites (N-methyl/N-ethyl adjacent to an activating group) is 1. The first-order valence-corrected chi connectivity index (χ1v) is 9.32. The van der Waals surface area contributed by atoms with Gasteiger partial charge in [0.25, 0.3) is 0 Å². The van der Waals surface area contributed by atoms with Crippen LogP contribution in [0.1, 0.15) is 35.8 Å². The van der Waals surface area contributed by atoms with Gasteiger partial charge in [0.2, 0.25) is 5.91 Å². The molecule has 1 aliphatic heterocycles. The molecule has 3 rings (SSSR count). The van der Waals surface area contributed by atoms with Crippen molar-refractivity contribution in [2.45, 2.75) is 32.6 Å². The molecule has 1 fully saturated rings. The number of anilines is 1. The number of carbonyl (C=O) groups is 1. The van der Waals surface area contributed by atoms with Gasteiger partial charge in [-0.05, 0) is 31.4 Å². The zero-order chi connectivity index (χ0) is 16.2.